The van der Waals surface area contributed by atoms with E-state index in [0.717, 1.165) is 62.1 Å². The van der Waals surface area contributed by atoms with E-state index in [1.165, 1.54) is 46.3 Å². The highest BCUT2D eigenvalue weighted by molar-refractivity contribution is 6.07. The third-order valence-electron chi connectivity index (χ3n) is 14.9. The lowest BCUT2D eigenvalue weighted by Crippen LogP contribution is -2.51. The molecule has 2 saturated heterocycles. The molecule has 6 atom stereocenters. The number of nitrogens with zero attached hydrogens (tertiary/aromatic N) is 4. The van der Waals surface area contributed by atoms with Crippen LogP contribution in [0.4, 0.5) is 9.59 Å². The van der Waals surface area contributed by atoms with Crippen LogP contribution < -0.4 is 15.4 Å². The van der Waals surface area contributed by atoms with E-state index in [4.69, 9.17) is 33.7 Å². The number of aromatic nitrogens is 4. The molecule has 3 aliphatic heterocycles. The highest BCUT2D eigenvalue weighted by Gasteiger charge is 2.43. The Morgan fingerprint density at radius 1 is 0.743 bits per heavy atom. The summed E-state index contributed by atoms with van der Waals surface area (Å²) in [5.74, 6) is 2.24. The Kier molecular flexibility index (Phi) is 14.7. The van der Waals surface area contributed by atoms with Crippen molar-refractivity contribution in [3.05, 3.63) is 65.9 Å². The Balaban J connectivity index is 0.963. The Morgan fingerprint density at radius 3 is 2.03 bits per heavy atom. The smallest absolute Gasteiger partial charge is 0.407 e. The molecule has 0 spiro atoms. The first kappa shape index (κ1) is 48.8. The van der Waals surface area contributed by atoms with Gasteiger partial charge in [-0.15, -0.1) is 0 Å². The second kappa shape index (κ2) is 21.0. The van der Waals surface area contributed by atoms with E-state index in [1.807, 2.05) is 38.7 Å². The Morgan fingerprint density at radius 2 is 1.39 bits per heavy atom. The van der Waals surface area contributed by atoms with Gasteiger partial charge >= 0.3 is 12.2 Å². The van der Waals surface area contributed by atoms with Gasteiger partial charge < -0.3 is 54.1 Å². The maximum Gasteiger partial charge on any atom is 0.407 e. The quantitative estimate of drug-likeness (QED) is 0.0784. The normalized spacial score (nSPS) is 21.2. The molecule has 1 saturated carbocycles. The van der Waals surface area contributed by atoms with Gasteiger partial charge in [-0.05, 0) is 89.8 Å². The molecule has 0 radical (unpaired) electrons. The first-order valence-electron chi connectivity index (χ1n) is 25.0. The monoisotopic (exact) mass is 961 g/mol. The fourth-order valence-electron chi connectivity index (χ4n) is 11.1. The van der Waals surface area contributed by atoms with Gasteiger partial charge in [-0.1, -0.05) is 65.2 Å². The predicted octanol–water partition coefficient (Wildman–Crippen LogP) is 8.45. The van der Waals surface area contributed by atoms with Gasteiger partial charge in [0.05, 0.1) is 62.4 Å². The number of ether oxygens (including phenoxy) is 5. The second-order valence-corrected chi connectivity index (χ2v) is 20.4. The molecule has 1 aliphatic carbocycles. The molecule has 17 heteroatoms. The van der Waals surface area contributed by atoms with Crippen LogP contribution in [0.3, 0.4) is 0 Å². The third-order valence-corrected chi connectivity index (χ3v) is 14.9. The van der Waals surface area contributed by atoms with Crippen molar-refractivity contribution in [2.45, 2.75) is 103 Å². The van der Waals surface area contributed by atoms with Crippen LogP contribution in [0.5, 0.6) is 5.75 Å². The Bertz CT molecular complexity index is 2710. The second-order valence-electron chi connectivity index (χ2n) is 20.4. The topological polar surface area (TPSA) is 202 Å². The molecular weight excluding hydrogens is 893 g/mol. The first-order chi connectivity index (χ1) is 33.8. The number of alkyl carbamates (subject to hydrolysis) is 2. The standard InChI is InChI=1S/C53H68N8O9/c1-29(2)45(58-52(64)67-6)50(62)60-23-32(25-66-5)17-42(60)48-54-22-41(56-48)35-13-15-37-36(19-35)28-70-44-21-38-34(20-39(37)44)14-16-40-47(38)57-49(55-40)43-18-33(27-69-26-31-11-9-8-10-12-31)24-61(43)51(63)46(30(3)4)59-53(65)68-7/h13-16,19-22,29-33,42-43,45-46H,8-12,17-18,23-28H2,1-7H3,(H,54,56)(H,55,57)(H,58,64)(H,59,65)/t32-,33-,42-,43-,45-,46-/m0/s1. The van der Waals surface area contributed by atoms with Crippen LogP contribution >= 0.6 is 0 Å². The van der Waals surface area contributed by atoms with E-state index in [9.17, 15) is 19.2 Å². The van der Waals surface area contributed by atoms with Gasteiger partial charge in [0.15, 0.2) is 0 Å². The zero-order chi connectivity index (χ0) is 49.2. The van der Waals surface area contributed by atoms with E-state index in [0.29, 0.717) is 63.3 Å². The third kappa shape index (κ3) is 10.0. The highest BCUT2D eigenvalue weighted by Crippen LogP contribution is 2.44. The number of imidazole rings is 2. The van der Waals surface area contributed by atoms with Gasteiger partial charge in [0, 0.05) is 49.6 Å². The maximum atomic E-state index is 14.4. The van der Waals surface area contributed by atoms with Crippen LogP contribution in [0, 0.1) is 29.6 Å². The number of rotatable bonds is 15. The molecule has 4 amide bonds. The Hall–Kier alpha value is -6.20. The van der Waals surface area contributed by atoms with Crippen LogP contribution in [0.25, 0.3) is 44.2 Å². The lowest BCUT2D eigenvalue weighted by atomic mass is 9.90. The van der Waals surface area contributed by atoms with E-state index >= 15 is 0 Å². The summed E-state index contributed by atoms with van der Waals surface area (Å²) in [6.45, 7) is 10.8. The van der Waals surface area contributed by atoms with Crippen molar-refractivity contribution in [1.29, 1.82) is 0 Å². The number of hydrogen-bond acceptors (Lipinski definition) is 11. The number of fused-ring (bicyclic) bond motifs is 6. The number of nitrogens with one attached hydrogen (secondary N) is 4. The molecule has 3 fully saturated rings. The van der Waals surface area contributed by atoms with Crippen molar-refractivity contribution in [3.63, 3.8) is 0 Å². The largest absolute Gasteiger partial charge is 0.488 e. The minimum absolute atomic E-state index is 0.101. The van der Waals surface area contributed by atoms with Gasteiger partial charge in [0.25, 0.3) is 0 Å². The number of H-pyrrole nitrogens is 2. The molecular formula is C53H68N8O9. The zero-order valence-corrected chi connectivity index (χ0v) is 41.5. The van der Waals surface area contributed by atoms with Crippen molar-refractivity contribution < 1.29 is 42.9 Å². The number of carbonyl (C=O) groups is 4. The summed E-state index contributed by atoms with van der Waals surface area (Å²) >= 11 is 0. The number of likely N-dealkylation sites (tertiary alicyclic amines) is 2. The molecule has 0 bridgehead atoms. The fraction of sp³-hybridized carbons (Fsp3) is 0.547. The highest BCUT2D eigenvalue weighted by atomic mass is 16.5. The van der Waals surface area contributed by atoms with Crippen LogP contribution in [-0.2, 0) is 35.1 Å². The molecule has 5 heterocycles. The summed E-state index contributed by atoms with van der Waals surface area (Å²) in [7, 11) is 4.25. The Labute approximate surface area is 409 Å². The average Bonchev–Trinajstić information content (AvgIpc) is 4.20. The number of hydrogen-bond donors (Lipinski definition) is 4. The molecule has 3 aromatic carbocycles. The zero-order valence-electron chi connectivity index (χ0n) is 41.5. The minimum atomic E-state index is -0.766. The molecule has 2 aromatic heterocycles. The SMILES string of the molecule is COC[C@H]1C[C@@H](c2ncc(-c3ccc4c(c3)COc3cc5c(ccc6nc([C@@H]7C[C@H](COCC8CCCCC8)CN7C(=O)[C@@H](NC(=O)OC)C(C)C)[nH]c65)cc3-4)[nH]2)N(C(=O)[C@@H](NC(=O)OC)C(C)C)C1. The average molecular weight is 961 g/mol. The predicted molar refractivity (Wildman–Crippen MR) is 264 cm³/mol. The molecule has 5 aromatic rings. The summed E-state index contributed by atoms with van der Waals surface area (Å²) in [6, 6.07) is 12.5. The van der Waals surface area contributed by atoms with E-state index in [-0.39, 0.29) is 47.6 Å². The lowest BCUT2D eigenvalue weighted by molar-refractivity contribution is -0.136. The summed E-state index contributed by atoms with van der Waals surface area (Å²) in [4.78, 5) is 73.8. The van der Waals surface area contributed by atoms with Gasteiger partial charge in [-0.25, -0.2) is 19.6 Å². The van der Waals surface area contributed by atoms with Crippen LogP contribution in [-0.4, -0.2) is 120 Å². The number of amides is 4. The van der Waals surface area contributed by atoms with Crippen molar-refractivity contribution in [2.75, 3.05) is 54.2 Å². The number of methoxy groups -OCH3 is 3. The van der Waals surface area contributed by atoms with Gasteiger partial charge in [0.2, 0.25) is 11.8 Å². The van der Waals surface area contributed by atoms with Crippen molar-refractivity contribution in [3.8, 4) is 28.1 Å². The van der Waals surface area contributed by atoms with Crippen LogP contribution in [0.1, 0.15) is 102 Å². The van der Waals surface area contributed by atoms with E-state index < -0.39 is 24.3 Å². The number of benzene rings is 3. The summed E-state index contributed by atoms with van der Waals surface area (Å²) < 4.78 is 28.1. The number of aromatic amines is 2. The van der Waals surface area contributed by atoms with Crippen molar-refractivity contribution >= 4 is 45.8 Å². The van der Waals surface area contributed by atoms with Gasteiger partial charge in [-0.3, -0.25) is 9.59 Å². The van der Waals surface area contributed by atoms with E-state index in [1.54, 1.807) is 18.2 Å². The lowest BCUT2D eigenvalue weighted by Gasteiger charge is -2.30. The number of carbonyl (C=O) groups excluding carboxylic acids is 4. The van der Waals surface area contributed by atoms with Crippen molar-refractivity contribution in [2.24, 2.45) is 29.6 Å². The van der Waals surface area contributed by atoms with Crippen LogP contribution in [0.15, 0.2) is 48.7 Å². The van der Waals surface area contributed by atoms with E-state index in [2.05, 4.69) is 57.0 Å². The molecule has 0 unspecified atom stereocenters. The molecule has 9 rings (SSSR count). The van der Waals surface area contributed by atoms with Gasteiger partial charge in [0.1, 0.15) is 36.1 Å². The van der Waals surface area contributed by atoms with Crippen LogP contribution in [0.2, 0.25) is 0 Å². The molecule has 70 heavy (non-hydrogen) atoms. The summed E-state index contributed by atoms with van der Waals surface area (Å²) in [5, 5.41) is 7.49. The molecule has 374 valence electrons. The van der Waals surface area contributed by atoms with Crippen molar-refractivity contribution in [1.82, 2.24) is 40.4 Å². The summed E-state index contributed by atoms with van der Waals surface area (Å²) in [6.07, 6.45) is 8.08. The maximum absolute atomic E-state index is 14.4. The fourth-order valence-corrected chi connectivity index (χ4v) is 11.1. The first-order valence-corrected chi connectivity index (χ1v) is 25.0. The van der Waals surface area contributed by atoms with Gasteiger partial charge in [-0.2, -0.15) is 0 Å². The molecule has 4 N–H and O–H groups in total. The summed E-state index contributed by atoms with van der Waals surface area (Å²) in [5.41, 5.74) is 6.49. The molecule has 17 nitrogen and oxygen atoms in total. The molecule has 4 aliphatic rings. The minimum Gasteiger partial charge on any atom is -0.488 e.